The number of aromatic nitrogens is 1. The van der Waals surface area contributed by atoms with Crippen LogP contribution in [-0.4, -0.2) is 148 Å². The summed E-state index contributed by atoms with van der Waals surface area (Å²) in [4.78, 5) is 71.9. The molecule has 2 saturated heterocycles. The molecule has 0 saturated carbocycles. The van der Waals surface area contributed by atoms with E-state index in [1.165, 1.54) is 13.3 Å². The summed E-state index contributed by atoms with van der Waals surface area (Å²) < 4.78 is 33.3. The molecule has 416 valence electrons. The van der Waals surface area contributed by atoms with E-state index < -0.39 is 23.8 Å². The van der Waals surface area contributed by atoms with E-state index in [0.29, 0.717) is 106 Å². The standard InChI is InChI=1S/C35H45Cl2N5O6.C22H28N2O5/c1-4-46-17-18-47-15-7-5-6-9-34(43)42-13-11-41(12-14-42)10-8-16-48-33-21-29-26(19-32(33)45-3)35(25(23-38)24-39-29)40-30-22-31(44-2)28(37)20-27(30)36;1-2-29-14-7-5-3-4-6-9-15-10-8-11-16-19(15)22(28)24(21(16)27)17-12-13-18(25)23-20(17)26/h19-22,24H,4-18H2,1-3H3,(H,39,40);8,10-11,17H,2-7,9,12-14H2,1H3,(H,23,25,26). The van der Waals surface area contributed by atoms with E-state index in [4.69, 9.17) is 51.6 Å². The number of nitriles is 1. The van der Waals surface area contributed by atoms with Gasteiger partial charge in [-0.05, 0) is 82.6 Å². The summed E-state index contributed by atoms with van der Waals surface area (Å²) in [6.45, 7) is 12.8. The van der Waals surface area contributed by atoms with Gasteiger partial charge in [0, 0.05) is 95.7 Å². The van der Waals surface area contributed by atoms with Crippen LogP contribution < -0.4 is 24.8 Å². The van der Waals surface area contributed by atoms with Crippen LogP contribution in [0.15, 0.2) is 48.7 Å². The first-order valence-electron chi connectivity index (χ1n) is 26.8. The molecule has 20 heteroatoms. The number of fused-ring (bicyclic) bond motifs is 2. The number of rotatable bonds is 29. The van der Waals surface area contributed by atoms with Crippen molar-refractivity contribution in [1.82, 2.24) is 25.0 Å². The molecular weight excluding hydrogens is 1030 g/mol. The minimum absolute atomic E-state index is 0.125. The fourth-order valence-corrected chi connectivity index (χ4v) is 9.97. The van der Waals surface area contributed by atoms with Crippen molar-refractivity contribution < 1.29 is 52.4 Å². The van der Waals surface area contributed by atoms with Gasteiger partial charge in [0.2, 0.25) is 17.7 Å². The number of unbranched alkanes of at least 4 members (excludes halogenated alkanes) is 6. The maximum atomic E-state index is 13.0. The van der Waals surface area contributed by atoms with Gasteiger partial charge in [-0.1, -0.05) is 61.0 Å². The molecule has 1 atom stereocenters. The lowest BCUT2D eigenvalue weighted by atomic mass is 9.97. The van der Waals surface area contributed by atoms with E-state index in [0.717, 1.165) is 121 Å². The van der Waals surface area contributed by atoms with Crippen molar-refractivity contribution in [2.45, 2.75) is 103 Å². The van der Waals surface area contributed by atoms with Gasteiger partial charge in [0.05, 0.1) is 77.7 Å². The van der Waals surface area contributed by atoms with Crippen LogP contribution in [0.4, 0.5) is 11.4 Å². The number of piperazine rings is 1. The number of amides is 5. The third-order valence-electron chi connectivity index (χ3n) is 13.6. The fourth-order valence-electron chi connectivity index (χ4n) is 9.47. The molecular formula is C57H73Cl2N7O11. The van der Waals surface area contributed by atoms with Crippen LogP contribution in [-0.2, 0) is 35.0 Å². The van der Waals surface area contributed by atoms with E-state index in [1.54, 1.807) is 37.4 Å². The Morgan fingerprint density at radius 3 is 2.21 bits per heavy atom. The summed E-state index contributed by atoms with van der Waals surface area (Å²) in [6.07, 6.45) is 12.0. The number of imide groups is 2. The Morgan fingerprint density at radius 2 is 1.48 bits per heavy atom. The largest absolute Gasteiger partial charge is 0.495 e. The number of carbonyl (C=O) groups is 5. The number of anilines is 2. The molecule has 7 rings (SSSR count). The Morgan fingerprint density at radius 1 is 0.779 bits per heavy atom. The number of methoxy groups -OCH3 is 2. The van der Waals surface area contributed by atoms with Crippen molar-refractivity contribution in [3.63, 3.8) is 0 Å². The molecule has 1 aromatic heterocycles. The molecule has 4 aromatic rings. The van der Waals surface area contributed by atoms with Crippen LogP contribution in [0.25, 0.3) is 10.9 Å². The van der Waals surface area contributed by atoms with E-state index >= 15 is 0 Å². The minimum atomic E-state index is -0.918. The average Bonchev–Trinajstić information content (AvgIpc) is 3.71. The SMILES string of the molecule is CCOCCCCCCCc1cccc2c1C(=O)N(C1CCC(=O)NC1=O)C2=O.CCOCCOCCCCCC(=O)N1CCN(CCCOc2cc3ncc(C#N)c(Nc4cc(OC)c(Cl)cc4Cl)c3cc2OC)CC1. The Bertz CT molecular complexity index is 2690. The number of hydrogen-bond acceptors (Lipinski definition) is 15. The number of ether oxygens (including phenoxy) is 6. The van der Waals surface area contributed by atoms with Gasteiger partial charge in [0.1, 0.15) is 17.9 Å². The summed E-state index contributed by atoms with van der Waals surface area (Å²) in [5.74, 6) is -0.0567. The number of nitrogens with zero attached hydrogens (tertiary/aromatic N) is 5. The monoisotopic (exact) mass is 1100 g/mol. The van der Waals surface area contributed by atoms with Crippen molar-refractivity contribution >= 4 is 75.0 Å². The van der Waals surface area contributed by atoms with E-state index in [1.807, 2.05) is 30.9 Å². The van der Waals surface area contributed by atoms with Gasteiger partial charge in [-0.3, -0.25) is 44.1 Å². The molecule has 5 amide bonds. The predicted molar refractivity (Wildman–Crippen MR) is 295 cm³/mol. The van der Waals surface area contributed by atoms with Crippen molar-refractivity contribution in [1.29, 1.82) is 5.26 Å². The Hall–Kier alpha value is -6.07. The zero-order valence-electron chi connectivity index (χ0n) is 44.9. The topological polar surface area (TPSA) is 211 Å². The van der Waals surface area contributed by atoms with Crippen LogP contribution in [0.5, 0.6) is 17.2 Å². The van der Waals surface area contributed by atoms with Gasteiger partial charge in [0.15, 0.2) is 11.5 Å². The highest BCUT2D eigenvalue weighted by Crippen LogP contribution is 2.41. The molecule has 3 aliphatic rings. The molecule has 2 fully saturated rings. The van der Waals surface area contributed by atoms with Crippen LogP contribution in [0.1, 0.15) is 123 Å². The lowest BCUT2D eigenvalue weighted by molar-refractivity contribution is -0.136. The summed E-state index contributed by atoms with van der Waals surface area (Å²) in [7, 11) is 3.09. The van der Waals surface area contributed by atoms with Gasteiger partial charge >= 0.3 is 0 Å². The number of halogens is 2. The molecule has 77 heavy (non-hydrogen) atoms. The highest BCUT2D eigenvalue weighted by atomic mass is 35.5. The minimum Gasteiger partial charge on any atom is -0.495 e. The number of benzene rings is 3. The van der Waals surface area contributed by atoms with Crippen molar-refractivity contribution in [2.75, 3.05) is 98.5 Å². The second kappa shape index (κ2) is 31.4. The molecule has 18 nitrogen and oxygen atoms in total. The molecule has 1 unspecified atom stereocenters. The average molecular weight is 1100 g/mol. The Balaban J connectivity index is 0.000000282. The zero-order valence-corrected chi connectivity index (χ0v) is 46.4. The zero-order chi connectivity index (χ0) is 55.1. The fraction of sp³-hybridized carbons (Fsp3) is 0.526. The number of nitrogens with one attached hydrogen (secondary N) is 2. The van der Waals surface area contributed by atoms with Crippen LogP contribution >= 0.6 is 23.2 Å². The number of hydrogen-bond donors (Lipinski definition) is 2. The number of pyridine rings is 1. The highest BCUT2D eigenvalue weighted by Gasteiger charge is 2.45. The maximum Gasteiger partial charge on any atom is 0.262 e. The maximum absolute atomic E-state index is 13.0. The molecule has 2 N–H and O–H groups in total. The summed E-state index contributed by atoms with van der Waals surface area (Å²) in [6, 6.07) is 13.5. The second-order valence-electron chi connectivity index (χ2n) is 18.8. The summed E-state index contributed by atoms with van der Waals surface area (Å²) in [5.41, 5.74) is 3.63. The van der Waals surface area contributed by atoms with Crippen molar-refractivity contribution in [3.8, 4) is 23.3 Å². The van der Waals surface area contributed by atoms with Gasteiger partial charge in [0.25, 0.3) is 11.8 Å². The normalized spacial score (nSPS) is 15.5. The summed E-state index contributed by atoms with van der Waals surface area (Å²) in [5, 5.41) is 16.7. The van der Waals surface area contributed by atoms with Gasteiger partial charge in [-0.25, -0.2) is 0 Å². The molecule has 0 radical (unpaired) electrons. The quantitative estimate of drug-likeness (QED) is 0.0383. The molecule has 3 aromatic carbocycles. The lowest BCUT2D eigenvalue weighted by Gasteiger charge is -2.34. The van der Waals surface area contributed by atoms with Gasteiger partial charge in [-0.2, -0.15) is 5.26 Å². The second-order valence-corrected chi connectivity index (χ2v) is 19.6. The first-order valence-corrected chi connectivity index (χ1v) is 27.6. The van der Waals surface area contributed by atoms with Gasteiger partial charge in [-0.15, -0.1) is 0 Å². The number of carbonyl (C=O) groups excluding carboxylic acids is 5. The number of aryl methyl sites for hydroxylation is 1. The molecule has 3 aliphatic heterocycles. The highest BCUT2D eigenvalue weighted by molar-refractivity contribution is 6.37. The molecule has 0 bridgehead atoms. The van der Waals surface area contributed by atoms with E-state index in [9.17, 15) is 29.2 Å². The van der Waals surface area contributed by atoms with Crippen LogP contribution in [0.3, 0.4) is 0 Å². The van der Waals surface area contributed by atoms with E-state index in [-0.39, 0.29) is 24.7 Å². The first kappa shape index (κ1) is 60.2. The van der Waals surface area contributed by atoms with Crippen molar-refractivity contribution in [2.24, 2.45) is 0 Å². The van der Waals surface area contributed by atoms with Gasteiger partial charge < -0.3 is 38.6 Å². The van der Waals surface area contributed by atoms with Crippen LogP contribution in [0, 0.1) is 11.3 Å². The first-order chi connectivity index (χ1) is 37.4. The third-order valence-corrected chi connectivity index (χ3v) is 14.2. The summed E-state index contributed by atoms with van der Waals surface area (Å²) >= 11 is 12.7. The third kappa shape index (κ3) is 17.0. The predicted octanol–water partition coefficient (Wildman–Crippen LogP) is 9.32. The molecule has 4 heterocycles. The molecule has 0 spiro atoms. The number of piperidine rings is 1. The van der Waals surface area contributed by atoms with Crippen LogP contribution in [0.2, 0.25) is 10.0 Å². The Kier molecular flexibility index (Phi) is 24.5. The Labute approximate surface area is 461 Å². The van der Waals surface area contributed by atoms with Crippen molar-refractivity contribution in [3.05, 3.63) is 81.0 Å². The van der Waals surface area contributed by atoms with E-state index in [2.05, 4.69) is 26.6 Å². The smallest absolute Gasteiger partial charge is 0.262 e. The lowest BCUT2D eigenvalue weighted by Crippen LogP contribution is -2.54. The molecule has 0 aliphatic carbocycles.